The van der Waals surface area contributed by atoms with Gasteiger partial charge in [0.2, 0.25) is 6.29 Å². The Hall–Kier alpha value is -0.540. The maximum Gasteiger partial charge on any atom is 0.336 e. The maximum absolute atomic E-state index is 11.7. The molecule has 9 nitrogen and oxygen atoms in total. The van der Waals surface area contributed by atoms with Gasteiger partial charge < -0.3 is 24.8 Å². The highest BCUT2D eigenvalue weighted by Gasteiger charge is 2.45. The van der Waals surface area contributed by atoms with Crippen molar-refractivity contribution >= 4 is 32.9 Å². The van der Waals surface area contributed by atoms with E-state index in [0.717, 1.165) is 0 Å². The molecule has 1 aliphatic heterocycles. The number of halogens is 1. The summed E-state index contributed by atoms with van der Waals surface area (Å²) < 4.78 is 40.8. The van der Waals surface area contributed by atoms with Crippen LogP contribution in [0.1, 0.15) is 6.92 Å². The number of alkyl halides is 1. The molecule has 1 saturated heterocycles. The average molecular weight is 489 g/mol. The van der Waals surface area contributed by atoms with Crippen molar-refractivity contribution < 1.29 is 37.4 Å². The monoisotopic (exact) mass is 489 g/mol. The van der Waals surface area contributed by atoms with Gasteiger partial charge in [-0.2, -0.15) is 13.1 Å². The zero-order valence-electron chi connectivity index (χ0n) is 13.2. The van der Waals surface area contributed by atoms with E-state index >= 15 is 0 Å². The average Bonchev–Trinajstić information content (AvgIpc) is 2.54. The molecular weight excluding hydrogens is 469 g/mol. The third-order valence-electron chi connectivity index (χ3n) is 3.36. The van der Waals surface area contributed by atoms with E-state index in [1.807, 2.05) is 22.6 Å². The fourth-order valence-corrected chi connectivity index (χ4v) is 3.89. The largest absolute Gasteiger partial charge is 0.462 e. The summed E-state index contributed by atoms with van der Waals surface area (Å²) >= 11 is 1.84. The molecule has 2 rings (SSSR count). The molecule has 25 heavy (non-hydrogen) atoms. The quantitative estimate of drug-likeness (QED) is 0.229. The van der Waals surface area contributed by atoms with Crippen LogP contribution in [0.5, 0.6) is 5.75 Å². The first kappa shape index (κ1) is 20.8. The van der Waals surface area contributed by atoms with Gasteiger partial charge in [-0.25, -0.2) is 0 Å². The minimum Gasteiger partial charge on any atom is -0.462 e. The molecule has 0 amide bonds. The molecule has 0 spiro atoms. The lowest BCUT2D eigenvalue weighted by atomic mass is 9.99. The molecule has 1 fully saturated rings. The van der Waals surface area contributed by atoms with Crippen LogP contribution in [-0.2, 0) is 19.2 Å². The van der Waals surface area contributed by atoms with Crippen molar-refractivity contribution in [2.45, 2.75) is 41.7 Å². The van der Waals surface area contributed by atoms with Gasteiger partial charge in [-0.15, -0.1) is 0 Å². The van der Waals surface area contributed by atoms with E-state index < -0.39 is 51.7 Å². The maximum atomic E-state index is 11.7. The second-order valence-electron chi connectivity index (χ2n) is 5.42. The molecule has 0 aromatic heterocycles. The molecule has 11 heteroatoms. The first-order valence-corrected chi connectivity index (χ1v) is 10.1. The van der Waals surface area contributed by atoms with Crippen molar-refractivity contribution in [1.29, 1.82) is 0 Å². The van der Waals surface area contributed by atoms with Crippen LogP contribution in [-0.4, -0.2) is 65.1 Å². The van der Waals surface area contributed by atoms with Crippen LogP contribution in [0, 0.1) is 0 Å². The zero-order chi connectivity index (χ0) is 18.6. The second kappa shape index (κ2) is 8.90. The van der Waals surface area contributed by atoms with E-state index in [-0.39, 0.29) is 0 Å². The molecule has 1 aliphatic rings. The molecule has 0 saturated carbocycles. The highest BCUT2D eigenvalue weighted by atomic mass is 127. The normalized spacial score (nSPS) is 31.5. The van der Waals surface area contributed by atoms with E-state index in [0.29, 0.717) is 5.75 Å². The Morgan fingerprint density at radius 2 is 1.84 bits per heavy atom. The summed E-state index contributed by atoms with van der Waals surface area (Å²) in [6, 6.07) is 8.43. The van der Waals surface area contributed by atoms with Gasteiger partial charge in [-0.1, -0.05) is 40.8 Å². The van der Waals surface area contributed by atoms with Crippen LogP contribution in [0.2, 0.25) is 0 Å². The lowest BCUT2D eigenvalue weighted by Gasteiger charge is -2.39. The number of rotatable bonds is 7. The molecule has 142 valence electrons. The number of aliphatic hydroxyl groups excluding tert-OH is 3. The number of hydrogen-bond acceptors (Lipinski definition) is 8. The first-order chi connectivity index (χ1) is 11.7. The second-order valence-corrected chi connectivity index (χ2v) is 8.67. The summed E-state index contributed by atoms with van der Waals surface area (Å²) in [5, 5.41) is 29.9. The van der Waals surface area contributed by atoms with Crippen molar-refractivity contribution in [3.8, 4) is 5.75 Å². The summed E-state index contributed by atoms with van der Waals surface area (Å²) in [5.41, 5.74) is 0. The standard InChI is InChI=1S/C14H20INO8S/c1-8(15)16-25(20,21)22-7-10-11(17)12(18)13(19)14(24-10)23-9-5-3-2-4-6-9/h2-6,8,10-14,16-19H,7H2,1H3/t8?,10-,11-,12+,13+,14+/m1/s1. The predicted octanol–water partition coefficient (Wildman–Crippen LogP) is -0.495. The Kier molecular flexibility index (Phi) is 7.40. The van der Waals surface area contributed by atoms with Gasteiger partial charge in [0.1, 0.15) is 30.2 Å². The van der Waals surface area contributed by atoms with E-state index in [9.17, 15) is 23.7 Å². The van der Waals surface area contributed by atoms with Crippen molar-refractivity contribution in [1.82, 2.24) is 4.72 Å². The van der Waals surface area contributed by atoms with Crippen molar-refractivity contribution in [2.75, 3.05) is 6.61 Å². The molecule has 1 aromatic carbocycles. The van der Waals surface area contributed by atoms with Gasteiger partial charge in [0.25, 0.3) is 0 Å². The van der Waals surface area contributed by atoms with Crippen molar-refractivity contribution in [2.24, 2.45) is 0 Å². The van der Waals surface area contributed by atoms with Gasteiger partial charge in [-0.05, 0) is 19.1 Å². The summed E-state index contributed by atoms with van der Waals surface area (Å²) in [7, 11) is -4.04. The van der Waals surface area contributed by atoms with Gasteiger partial charge in [0.15, 0.2) is 0 Å². The molecule has 1 aromatic rings. The Bertz CT molecular complexity index is 643. The van der Waals surface area contributed by atoms with E-state index in [1.54, 1.807) is 37.3 Å². The number of nitrogens with one attached hydrogen (secondary N) is 1. The van der Waals surface area contributed by atoms with Gasteiger partial charge >= 0.3 is 10.3 Å². The Morgan fingerprint density at radius 1 is 1.20 bits per heavy atom. The van der Waals surface area contributed by atoms with E-state index in [2.05, 4.69) is 4.72 Å². The fourth-order valence-electron chi connectivity index (χ4n) is 2.17. The third-order valence-corrected chi connectivity index (χ3v) is 5.18. The number of benzene rings is 1. The predicted molar refractivity (Wildman–Crippen MR) is 95.2 cm³/mol. The van der Waals surface area contributed by atoms with E-state index in [1.165, 1.54) is 0 Å². The lowest BCUT2D eigenvalue weighted by Crippen LogP contribution is -2.60. The highest BCUT2D eigenvalue weighted by Crippen LogP contribution is 2.24. The van der Waals surface area contributed by atoms with Crippen LogP contribution in [0.3, 0.4) is 0 Å². The summed E-state index contributed by atoms with van der Waals surface area (Å²) in [5.74, 6) is 0.378. The molecule has 0 radical (unpaired) electrons. The third kappa shape index (κ3) is 5.99. The summed E-state index contributed by atoms with van der Waals surface area (Å²) in [4.78, 5) is 0. The van der Waals surface area contributed by atoms with Crippen LogP contribution >= 0.6 is 22.6 Å². The smallest absolute Gasteiger partial charge is 0.336 e. The number of aliphatic hydroxyl groups is 3. The SMILES string of the molecule is CC(I)NS(=O)(=O)OC[C@H]1O[C@H](Oc2ccccc2)[C@@H](O)[C@@H](O)[C@@H]1O. The van der Waals surface area contributed by atoms with Crippen molar-refractivity contribution in [3.63, 3.8) is 0 Å². The lowest BCUT2D eigenvalue weighted by molar-refractivity contribution is -0.276. The van der Waals surface area contributed by atoms with E-state index in [4.69, 9.17) is 13.7 Å². The molecule has 0 bridgehead atoms. The molecule has 6 atom stereocenters. The van der Waals surface area contributed by atoms with Gasteiger partial charge in [-0.3, -0.25) is 4.18 Å². The van der Waals surface area contributed by atoms with Crippen LogP contribution in [0.4, 0.5) is 0 Å². The molecule has 4 N–H and O–H groups in total. The number of ether oxygens (including phenoxy) is 2. The fraction of sp³-hybridized carbons (Fsp3) is 0.571. The number of hydrogen-bond donors (Lipinski definition) is 4. The molecule has 1 heterocycles. The van der Waals surface area contributed by atoms with Crippen LogP contribution in [0.25, 0.3) is 0 Å². The topological polar surface area (TPSA) is 135 Å². The highest BCUT2D eigenvalue weighted by molar-refractivity contribution is 14.1. The molecule has 0 aliphatic carbocycles. The molecular formula is C14H20INO8S. The summed E-state index contributed by atoms with van der Waals surface area (Å²) in [6.07, 6.45) is -7.16. The van der Waals surface area contributed by atoms with Crippen molar-refractivity contribution in [3.05, 3.63) is 30.3 Å². The Labute approximate surface area is 159 Å². The van der Waals surface area contributed by atoms with Gasteiger partial charge in [0.05, 0.1) is 10.7 Å². The first-order valence-electron chi connectivity index (χ1n) is 7.42. The molecule has 1 unspecified atom stereocenters. The van der Waals surface area contributed by atoms with Crippen LogP contribution in [0.15, 0.2) is 30.3 Å². The zero-order valence-corrected chi connectivity index (χ0v) is 16.2. The Balaban J connectivity index is 2.02. The van der Waals surface area contributed by atoms with Crippen LogP contribution < -0.4 is 9.46 Å². The minimum atomic E-state index is -4.04. The minimum absolute atomic E-state index is 0.378. The number of para-hydroxylation sites is 1. The Morgan fingerprint density at radius 3 is 2.44 bits per heavy atom. The summed E-state index contributed by atoms with van der Waals surface area (Å²) in [6.45, 7) is 1.05. The van der Waals surface area contributed by atoms with Gasteiger partial charge in [0, 0.05) is 0 Å².